The Morgan fingerprint density at radius 3 is 2.70 bits per heavy atom. The van der Waals surface area contributed by atoms with E-state index in [1.807, 2.05) is 24.3 Å². The highest BCUT2D eigenvalue weighted by atomic mass is 35.5. The number of rotatable bonds is 5. The molecule has 2 N–H and O–H groups in total. The summed E-state index contributed by atoms with van der Waals surface area (Å²) in [5, 5.41) is 6.18. The summed E-state index contributed by atoms with van der Waals surface area (Å²) in [4.78, 5) is 12.0. The zero-order chi connectivity index (χ0) is 13.5. The van der Waals surface area contributed by atoms with E-state index in [-0.39, 0.29) is 24.4 Å². The van der Waals surface area contributed by atoms with Crippen molar-refractivity contribution >= 4 is 24.0 Å². The fourth-order valence-electron chi connectivity index (χ4n) is 2.16. The Bertz CT molecular complexity index is 403. The second kappa shape index (κ2) is 8.82. The van der Waals surface area contributed by atoms with Crippen LogP contribution in [0.25, 0.3) is 0 Å². The van der Waals surface area contributed by atoms with Crippen LogP contribution in [0, 0.1) is 0 Å². The van der Waals surface area contributed by atoms with Gasteiger partial charge in [-0.2, -0.15) is 0 Å². The van der Waals surface area contributed by atoms with Gasteiger partial charge in [0.25, 0.3) is 0 Å². The van der Waals surface area contributed by atoms with Gasteiger partial charge in [-0.3, -0.25) is 4.79 Å². The Hall–Kier alpha value is -1.26. The highest BCUT2D eigenvalue weighted by molar-refractivity contribution is 5.94. The van der Waals surface area contributed by atoms with E-state index in [0.717, 1.165) is 50.3 Å². The summed E-state index contributed by atoms with van der Waals surface area (Å²) in [6, 6.07) is 7.49. The van der Waals surface area contributed by atoms with Crippen LogP contribution in [0.4, 0.5) is 5.69 Å². The maximum atomic E-state index is 12.0. The van der Waals surface area contributed by atoms with E-state index in [9.17, 15) is 4.79 Å². The summed E-state index contributed by atoms with van der Waals surface area (Å²) in [5.74, 6) is 0.901. The smallest absolute Gasteiger partial charge is 0.241 e. The summed E-state index contributed by atoms with van der Waals surface area (Å²) >= 11 is 0. The molecular formula is C15H23ClN2O2. The Labute approximate surface area is 126 Å². The zero-order valence-electron chi connectivity index (χ0n) is 11.9. The molecule has 1 unspecified atom stereocenters. The third kappa shape index (κ3) is 5.02. The lowest BCUT2D eigenvalue weighted by Gasteiger charge is -2.22. The molecule has 0 radical (unpaired) electrons. The van der Waals surface area contributed by atoms with Gasteiger partial charge in [0.15, 0.2) is 0 Å². The highest BCUT2D eigenvalue weighted by Crippen LogP contribution is 2.17. The van der Waals surface area contributed by atoms with Crippen LogP contribution in [0.1, 0.15) is 32.6 Å². The van der Waals surface area contributed by atoms with Gasteiger partial charge in [-0.15, -0.1) is 12.4 Å². The van der Waals surface area contributed by atoms with Gasteiger partial charge in [0.05, 0.1) is 12.6 Å². The molecule has 1 aromatic carbocycles. The molecule has 1 saturated heterocycles. The standard InChI is InChI=1S/C15H22N2O2.ClH/c1-2-11-19-13-8-6-12(7-9-13)17-15(18)14-5-3-4-10-16-14;/h6-9,14,16H,2-5,10-11H2,1H3,(H,17,18);1H. The highest BCUT2D eigenvalue weighted by Gasteiger charge is 2.20. The lowest BCUT2D eigenvalue weighted by Crippen LogP contribution is -2.43. The number of nitrogens with one attached hydrogen (secondary N) is 2. The summed E-state index contributed by atoms with van der Waals surface area (Å²) < 4.78 is 5.51. The van der Waals surface area contributed by atoms with Crippen LogP contribution in [0.15, 0.2) is 24.3 Å². The molecule has 2 rings (SSSR count). The fourth-order valence-corrected chi connectivity index (χ4v) is 2.16. The van der Waals surface area contributed by atoms with E-state index in [4.69, 9.17) is 4.74 Å². The molecule has 1 aliphatic rings. The number of hydrogen-bond donors (Lipinski definition) is 2. The van der Waals surface area contributed by atoms with E-state index in [1.54, 1.807) is 0 Å². The number of benzene rings is 1. The van der Waals surface area contributed by atoms with E-state index >= 15 is 0 Å². The summed E-state index contributed by atoms with van der Waals surface area (Å²) in [7, 11) is 0. The molecule has 0 bridgehead atoms. The molecule has 112 valence electrons. The molecule has 0 aliphatic carbocycles. The third-order valence-corrected chi connectivity index (χ3v) is 3.22. The maximum Gasteiger partial charge on any atom is 0.241 e. The van der Waals surface area contributed by atoms with E-state index in [2.05, 4.69) is 17.6 Å². The molecule has 0 spiro atoms. The van der Waals surface area contributed by atoms with Gasteiger partial charge in [0.1, 0.15) is 5.75 Å². The summed E-state index contributed by atoms with van der Waals surface area (Å²) in [6.45, 7) is 3.73. The fraction of sp³-hybridized carbons (Fsp3) is 0.533. The van der Waals surface area contributed by atoms with Crippen molar-refractivity contribution in [3.05, 3.63) is 24.3 Å². The van der Waals surface area contributed by atoms with Crippen molar-refractivity contribution in [2.75, 3.05) is 18.5 Å². The van der Waals surface area contributed by atoms with E-state index < -0.39 is 0 Å². The van der Waals surface area contributed by atoms with Crippen LogP contribution in [-0.4, -0.2) is 25.1 Å². The number of carbonyl (C=O) groups excluding carboxylic acids is 1. The summed E-state index contributed by atoms with van der Waals surface area (Å²) in [5.41, 5.74) is 0.821. The number of halogens is 1. The molecule has 20 heavy (non-hydrogen) atoms. The van der Waals surface area contributed by atoms with Crippen molar-refractivity contribution in [3.8, 4) is 5.75 Å². The van der Waals surface area contributed by atoms with Crippen LogP contribution in [0.5, 0.6) is 5.75 Å². The molecule has 1 fully saturated rings. The third-order valence-electron chi connectivity index (χ3n) is 3.22. The van der Waals surface area contributed by atoms with Crippen molar-refractivity contribution in [1.29, 1.82) is 0 Å². The lowest BCUT2D eigenvalue weighted by molar-refractivity contribution is -0.118. The largest absolute Gasteiger partial charge is 0.494 e. The van der Waals surface area contributed by atoms with Crippen molar-refractivity contribution in [2.45, 2.75) is 38.6 Å². The van der Waals surface area contributed by atoms with Crippen molar-refractivity contribution in [1.82, 2.24) is 5.32 Å². The number of anilines is 1. The average Bonchev–Trinajstić information content (AvgIpc) is 2.47. The van der Waals surface area contributed by atoms with E-state index in [1.165, 1.54) is 0 Å². The first-order chi connectivity index (χ1) is 9.29. The first kappa shape index (κ1) is 16.8. The number of ether oxygens (including phenoxy) is 1. The molecule has 5 heteroatoms. The number of piperidine rings is 1. The van der Waals surface area contributed by atoms with Crippen LogP contribution < -0.4 is 15.4 Å². The minimum atomic E-state index is -0.0511. The predicted molar refractivity (Wildman–Crippen MR) is 83.7 cm³/mol. The Morgan fingerprint density at radius 2 is 2.10 bits per heavy atom. The molecular weight excluding hydrogens is 276 g/mol. The van der Waals surface area contributed by atoms with Crippen LogP contribution in [0.2, 0.25) is 0 Å². The van der Waals surface area contributed by atoms with Gasteiger partial charge in [-0.05, 0) is 50.1 Å². The van der Waals surface area contributed by atoms with Crippen molar-refractivity contribution < 1.29 is 9.53 Å². The molecule has 1 amide bonds. The van der Waals surface area contributed by atoms with Gasteiger partial charge in [-0.1, -0.05) is 13.3 Å². The lowest BCUT2D eigenvalue weighted by atomic mass is 10.0. The van der Waals surface area contributed by atoms with E-state index in [0.29, 0.717) is 0 Å². The monoisotopic (exact) mass is 298 g/mol. The van der Waals surface area contributed by atoms with Gasteiger partial charge in [-0.25, -0.2) is 0 Å². The molecule has 4 nitrogen and oxygen atoms in total. The second-order valence-corrected chi connectivity index (χ2v) is 4.86. The van der Waals surface area contributed by atoms with Crippen LogP contribution in [-0.2, 0) is 4.79 Å². The van der Waals surface area contributed by atoms with Crippen molar-refractivity contribution in [2.24, 2.45) is 0 Å². The topological polar surface area (TPSA) is 50.4 Å². The Morgan fingerprint density at radius 1 is 1.35 bits per heavy atom. The average molecular weight is 299 g/mol. The molecule has 1 heterocycles. The molecule has 1 atom stereocenters. The number of amides is 1. The van der Waals surface area contributed by atoms with Gasteiger partial charge in [0, 0.05) is 5.69 Å². The molecule has 0 saturated carbocycles. The number of carbonyl (C=O) groups is 1. The normalized spacial score (nSPS) is 17.9. The molecule has 1 aliphatic heterocycles. The first-order valence-corrected chi connectivity index (χ1v) is 7.06. The Balaban J connectivity index is 0.00000200. The van der Waals surface area contributed by atoms with Gasteiger partial charge in [0.2, 0.25) is 5.91 Å². The van der Waals surface area contributed by atoms with Gasteiger partial charge < -0.3 is 15.4 Å². The SMILES string of the molecule is CCCOc1ccc(NC(=O)C2CCCCN2)cc1.Cl. The predicted octanol–water partition coefficient (Wildman–Crippen LogP) is 2.98. The maximum absolute atomic E-state index is 12.0. The van der Waals surface area contributed by atoms with Crippen LogP contribution in [0.3, 0.4) is 0 Å². The molecule has 1 aromatic rings. The Kier molecular flexibility index (Phi) is 7.41. The first-order valence-electron chi connectivity index (χ1n) is 7.06. The quantitative estimate of drug-likeness (QED) is 0.878. The molecule has 0 aromatic heterocycles. The van der Waals surface area contributed by atoms with Crippen LogP contribution >= 0.6 is 12.4 Å². The zero-order valence-corrected chi connectivity index (χ0v) is 12.7. The minimum absolute atomic E-state index is 0. The summed E-state index contributed by atoms with van der Waals surface area (Å²) in [6.07, 6.45) is 4.19. The number of hydrogen-bond acceptors (Lipinski definition) is 3. The second-order valence-electron chi connectivity index (χ2n) is 4.86. The van der Waals surface area contributed by atoms with Gasteiger partial charge >= 0.3 is 0 Å². The van der Waals surface area contributed by atoms with Crippen molar-refractivity contribution in [3.63, 3.8) is 0 Å². The minimum Gasteiger partial charge on any atom is -0.494 e.